The van der Waals surface area contributed by atoms with E-state index in [0.29, 0.717) is 24.7 Å². The van der Waals surface area contributed by atoms with Crippen LogP contribution in [0.5, 0.6) is 11.5 Å². The SMILES string of the molecule is CCCCCCC(C(N)=O)c1ccc(OC)c(OCCCOC)c1.Cl. The molecule has 0 heterocycles. The molecule has 144 valence electrons. The Labute approximate surface area is 157 Å². The number of unbranched alkanes of at least 4 members (excludes halogenated alkanes) is 3. The molecule has 0 aliphatic carbocycles. The molecule has 0 saturated heterocycles. The molecule has 1 rings (SSSR count). The van der Waals surface area contributed by atoms with Gasteiger partial charge in [0.1, 0.15) is 0 Å². The molecule has 0 aromatic heterocycles. The summed E-state index contributed by atoms with van der Waals surface area (Å²) in [4.78, 5) is 11.9. The number of carbonyl (C=O) groups is 1. The first-order chi connectivity index (χ1) is 11.6. The van der Waals surface area contributed by atoms with Crippen molar-refractivity contribution in [2.45, 2.75) is 51.4 Å². The second kappa shape index (κ2) is 13.8. The summed E-state index contributed by atoms with van der Waals surface area (Å²) in [5, 5.41) is 0. The van der Waals surface area contributed by atoms with E-state index in [1.165, 1.54) is 12.8 Å². The molecule has 1 aromatic rings. The lowest BCUT2D eigenvalue weighted by molar-refractivity contribution is -0.119. The highest BCUT2D eigenvalue weighted by Crippen LogP contribution is 2.33. The van der Waals surface area contributed by atoms with E-state index in [9.17, 15) is 4.79 Å². The fraction of sp³-hybridized carbons (Fsp3) is 0.632. The summed E-state index contributed by atoms with van der Waals surface area (Å²) in [5.41, 5.74) is 6.51. The second-order valence-corrected chi connectivity index (χ2v) is 5.91. The molecule has 25 heavy (non-hydrogen) atoms. The van der Waals surface area contributed by atoms with Crippen LogP contribution in [0.2, 0.25) is 0 Å². The summed E-state index contributed by atoms with van der Waals surface area (Å²) in [6.45, 7) is 3.34. The molecular weight excluding hydrogens is 342 g/mol. The van der Waals surface area contributed by atoms with Gasteiger partial charge in [-0.1, -0.05) is 38.7 Å². The molecule has 0 spiro atoms. The van der Waals surface area contributed by atoms with Crippen molar-refractivity contribution in [1.82, 2.24) is 0 Å². The number of hydrogen-bond acceptors (Lipinski definition) is 4. The van der Waals surface area contributed by atoms with Gasteiger partial charge in [0.2, 0.25) is 5.91 Å². The van der Waals surface area contributed by atoms with Crippen LogP contribution in [0.4, 0.5) is 0 Å². The molecule has 0 aliphatic rings. The van der Waals surface area contributed by atoms with E-state index in [1.807, 2.05) is 18.2 Å². The molecule has 5 nitrogen and oxygen atoms in total. The minimum Gasteiger partial charge on any atom is -0.493 e. The zero-order valence-corrected chi connectivity index (χ0v) is 16.4. The molecule has 1 unspecified atom stereocenters. The summed E-state index contributed by atoms with van der Waals surface area (Å²) < 4.78 is 16.1. The lowest BCUT2D eigenvalue weighted by Gasteiger charge is -2.17. The van der Waals surface area contributed by atoms with Gasteiger partial charge in [0, 0.05) is 20.1 Å². The van der Waals surface area contributed by atoms with Gasteiger partial charge in [-0.05, 0) is 24.1 Å². The molecule has 1 atom stereocenters. The Morgan fingerprint density at radius 1 is 1.08 bits per heavy atom. The lowest BCUT2D eigenvalue weighted by Crippen LogP contribution is -2.21. The van der Waals surface area contributed by atoms with Crippen LogP contribution in [0.3, 0.4) is 0 Å². The van der Waals surface area contributed by atoms with Crippen molar-refractivity contribution >= 4 is 18.3 Å². The first-order valence-electron chi connectivity index (χ1n) is 8.73. The Bertz CT molecular complexity index is 496. The van der Waals surface area contributed by atoms with E-state index in [2.05, 4.69) is 6.92 Å². The average molecular weight is 374 g/mol. The predicted octanol–water partition coefficient (Wildman–Crippen LogP) is 4.07. The second-order valence-electron chi connectivity index (χ2n) is 5.91. The fourth-order valence-corrected chi connectivity index (χ4v) is 2.66. The minimum absolute atomic E-state index is 0. The standard InChI is InChI=1S/C19H31NO4.ClH/c1-4-5-6-7-9-16(19(20)21)15-10-11-17(23-3)18(14-15)24-13-8-12-22-2;/h10-11,14,16H,4-9,12-13H2,1-3H3,(H2,20,21);1H. The summed E-state index contributed by atoms with van der Waals surface area (Å²) in [6, 6.07) is 5.61. The fourth-order valence-electron chi connectivity index (χ4n) is 2.66. The van der Waals surface area contributed by atoms with E-state index in [4.69, 9.17) is 19.9 Å². The van der Waals surface area contributed by atoms with Crippen molar-refractivity contribution in [1.29, 1.82) is 0 Å². The Morgan fingerprint density at radius 3 is 2.44 bits per heavy atom. The number of methoxy groups -OCH3 is 2. The normalized spacial score (nSPS) is 11.5. The van der Waals surface area contributed by atoms with Gasteiger partial charge in [-0.2, -0.15) is 0 Å². The van der Waals surface area contributed by atoms with Gasteiger partial charge in [-0.3, -0.25) is 4.79 Å². The number of carbonyl (C=O) groups excluding carboxylic acids is 1. The number of primary amides is 1. The van der Waals surface area contributed by atoms with E-state index in [1.54, 1.807) is 14.2 Å². The predicted molar refractivity (Wildman–Crippen MR) is 103 cm³/mol. The quantitative estimate of drug-likeness (QED) is 0.529. The number of amides is 1. The first kappa shape index (κ1) is 23.5. The van der Waals surface area contributed by atoms with Crippen molar-refractivity contribution in [3.63, 3.8) is 0 Å². The molecule has 0 saturated carbocycles. The molecule has 1 aromatic carbocycles. The Morgan fingerprint density at radius 2 is 1.84 bits per heavy atom. The molecule has 0 radical (unpaired) electrons. The third kappa shape index (κ3) is 8.45. The number of halogens is 1. The highest BCUT2D eigenvalue weighted by molar-refractivity contribution is 5.85. The largest absolute Gasteiger partial charge is 0.493 e. The van der Waals surface area contributed by atoms with E-state index in [-0.39, 0.29) is 24.2 Å². The topological polar surface area (TPSA) is 70.8 Å². The Kier molecular flexibility index (Phi) is 13.0. The molecule has 0 bridgehead atoms. The lowest BCUT2D eigenvalue weighted by atomic mass is 9.92. The van der Waals surface area contributed by atoms with Gasteiger partial charge in [-0.25, -0.2) is 0 Å². The summed E-state index contributed by atoms with van der Waals surface area (Å²) in [5.74, 6) is 0.729. The maximum atomic E-state index is 11.9. The Balaban J connectivity index is 0.00000576. The van der Waals surface area contributed by atoms with Crippen LogP contribution in [0, 0.1) is 0 Å². The zero-order chi connectivity index (χ0) is 17.8. The van der Waals surface area contributed by atoms with Gasteiger partial charge in [0.25, 0.3) is 0 Å². The first-order valence-corrected chi connectivity index (χ1v) is 8.73. The van der Waals surface area contributed by atoms with Crippen molar-refractivity contribution in [2.75, 3.05) is 27.4 Å². The molecule has 1 amide bonds. The van der Waals surface area contributed by atoms with Gasteiger partial charge < -0.3 is 19.9 Å². The number of nitrogens with two attached hydrogens (primary N) is 1. The van der Waals surface area contributed by atoms with Gasteiger partial charge >= 0.3 is 0 Å². The van der Waals surface area contributed by atoms with Crippen LogP contribution < -0.4 is 15.2 Å². The van der Waals surface area contributed by atoms with Crippen molar-refractivity contribution < 1.29 is 19.0 Å². The number of hydrogen-bond donors (Lipinski definition) is 1. The van der Waals surface area contributed by atoms with Crippen LogP contribution in [-0.2, 0) is 9.53 Å². The molecule has 6 heteroatoms. The summed E-state index contributed by atoms with van der Waals surface area (Å²) >= 11 is 0. The van der Waals surface area contributed by atoms with Crippen molar-refractivity contribution in [3.05, 3.63) is 23.8 Å². The highest BCUT2D eigenvalue weighted by Gasteiger charge is 2.19. The summed E-state index contributed by atoms with van der Waals surface area (Å²) in [6.07, 6.45) is 6.03. The summed E-state index contributed by atoms with van der Waals surface area (Å²) in [7, 11) is 3.27. The van der Waals surface area contributed by atoms with Crippen LogP contribution in [-0.4, -0.2) is 33.3 Å². The minimum atomic E-state index is -0.290. The number of ether oxygens (including phenoxy) is 3. The molecule has 2 N–H and O–H groups in total. The van der Waals surface area contributed by atoms with Crippen LogP contribution in [0.15, 0.2) is 18.2 Å². The highest BCUT2D eigenvalue weighted by atomic mass is 35.5. The zero-order valence-electron chi connectivity index (χ0n) is 15.6. The Hall–Kier alpha value is -1.46. The monoisotopic (exact) mass is 373 g/mol. The van der Waals surface area contributed by atoms with Crippen LogP contribution >= 0.6 is 12.4 Å². The van der Waals surface area contributed by atoms with Crippen molar-refractivity contribution in [2.24, 2.45) is 5.73 Å². The molecule has 0 fully saturated rings. The number of rotatable bonds is 13. The number of benzene rings is 1. The van der Waals surface area contributed by atoms with Crippen LogP contribution in [0.25, 0.3) is 0 Å². The molecule has 0 aliphatic heterocycles. The molecular formula is C19H32ClNO4. The maximum absolute atomic E-state index is 11.9. The van der Waals surface area contributed by atoms with E-state index in [0.717, 1.165) is 31.2 Å². The van der Waals surface area contributed by atoms with Gasteiger partial charge in [-0.15, -0.1) is 12.4 Å². The van der Waals surface area contributed by atoms with E-state index >= 15 is 0 Å². The third-order valence-corrected chi connectivity index (χ3v) is 4.03. The maximum Gasteiger partial charge on any atom is 0.224 e. The van der Waals surface area contributed by atoms with Crippen molar-refractivity contribution in [3.8, 4) is 11.5 Å². The smallest absolute Gasteiger partial charge is 0.224 e. The third-order valence-electron chi connectivity index (χ3n) is 4.03. The van der Waals surface area contributed by atoms with E-state index < -0.39 is 0 Å². The van der Waals surface area contributed by atoms with Crippen LogP contribution in [0.1, 0.15) is 56.9 Å². The average Bonchev–Trinajstić information content (AvgIpc) is 2.58. The van der Waals surface area contributed by atoms with Gasteiger partial charge in [0.15, 0.2) is 11.5 Å². The van der Waals surface area contributed by atoms with Gasteiger partial charge in [0.05, 0.1) is 19.6 Å².